The van der Waals surface area contributed by atoms with E-state index in [2.05, 4.69) is 22.3 Å². The molecule has 4 rings (SSSR count). The molecule has 3 aromatic rings. The van der Waals surface area contributed by atoms with Crippen molar-refractivity contribution in [3.8, 4) is 17.2 Å². The number of hydrogen-bond donors (Lipinski definition) is 0. The van der Waals surface area contributed by atoms with Gasteiger partial charge in [-0.25, -0.2) is 0 Å². The zero-order valence-electron chi connectivity index (χ0n) is 14.4. The number of thioether (sulfide) groups is 2. The molecule has 0 radical (unpaired) electrons. The molecular weight excluding hydrogens is 366 g/mol. The average molecular weight is 386 g/mol. The third-order valence-electron chi connectivity index (χ3n) is 3.98. The number of rotatable bonds is 6. The third-order valence-corrected chi connectivity index (χ3v) is 7.09. The predicted molar refractivity (Wildman–Crippen MR) is 106 cm³/mol. The molecule has 134 valence electrons. The highest BCUT2D eigenvalue weighted by Crippen LogP contribution is 2.46. The van der Waals surface area contributed by atoms with Crippen molar-refractivity contribution in [3.63, 3.8) is 0 Å². The Balaban J connectivity index is 1.45. The van der Waals surface area contributed by atoms with Crippen molar-refractivity contribution in [2.45, 2.75) is 11.2 Å². The molecule has 2 heterocycles. The molecule has 1 aliphatic rings. The summed E-state index contributed by atoms with van der Waals surface area (Å²) in [4.78, 5) is 1.60. The largest absolute Gasteiger partial charge is 0.493 e. The molecule has 0 unspecified atom stereocenters. The number of ether oxygens (including phenoxy) is 2. The first kappa shape index (κ1) is 17.3. The standard InChI is InChI=1S/C19H19N3O2S2/c1-23-18-11-14(19-25-9-10-26-19)7-8-17(18)24-13-15-12-20-22(21-15)16-5-3-2-4-6-16/h2-8,11-12,19H,9-10,13H2,1H3. The lowest BCUT2D eigenvalue weighted by atomic mass is 10.2. The van der Waals surface area contributed by atoms with Gasteiger partial charge >= 0.3 is 0 Å². The fourth-order valence-electron chi connectivity index (χ4n) is 2.70. The molecule has 0 spiro atoms. The maximum absolute atomic E-state index is 5.93. The Morgan fingerprint density at radius 3 is 2.65 bits per heavy atom. The number of para-hydroxylation sites is 1. The van der Waals surface area contributed by atoms with Crippen LogP contribution in [0, 0.1) is 0 Å². The second kappa shape index (κ2) is 8.05. The molecule has 0 atom stereocenters. The summed E-state index contributed by atoms with van der Waals surface area (Å²) >= 11 is 3.95. The van der Waals surface area contributed by atoms with Crippen LogP contribution in [0.1, 0.15) is 15.8 Å². The fourth-order valence-corrected chi connectivity index (χ4v) is 5.54. The van der Waals surface area contributed by atoms with Crippen molar-refractivity contribution >= 4 is 23.5 Å². The molecule has 5 nitrogen and oxygen atoms in total. The first-order chi connectivity index (χ1) is 12.8. The number of aromatic nitrogens is 3. The highest BCUT2D eigenvalue weighted by Gasteiger charge is 2.20. The van der Waals surface area contributed by atoms with Crippen molar-refractivity contribution < 1.29 is 9.47 Å². The Morgan fingerprint density at radius 2 is 1.88 bits per heavy atom. The molecule has 0 amide bonds. The summed E-state index contributed by atoms with van der Waals surface area (Å²) in [6.45, 7) is 0.343. The lowest BCUT2D eigenvalue weighted by Crippen LogP contribution is -2.02. The molecule has 26 heavy (non-hydrogen) atoms. The van der Waals surface area contributed by atoms with E-state index in [9.17, 15) is 0 Å². The maximum atomic E-state index is 5.93. The minimum atomic E-state index is 0.343. The van der Waals surface area contributed by atoms with Gasteiger partial charge < -0.3 is 9.47 Å². The van der Waals surface area contributed by atoms with Crippen molar-refractivity contribution in [3.05, 3.63) is 66.0 Å². The molecule has 0 aliphatic carbocycles. The molecule has 0 saturated carbocycles. The van der Waals surface area contributed by atoms with Gasteiger partial charge in [-0.1, -0.05) is 24.3 Å². The quantitative estimate of drug-likeness (QED) is 0.629. The van der Waals surface area contributed by atoms with E-state index in [0.717, 1.165) is 22.9 Å². The number of methoxy groups -OCH3 is 1. The molecular formula is C19H19N3O2S2. The van der Waals surface area contributed by atoms with Crippen LogP contribution in [0.15, 0.2) is 54.7 Å². The molecule has 1 aliphatic heterocycles. The summed E-state index contributed by atoms with van der Waals surface area (Å²) in [5.74, 6) is 3.88. The Hall–Kier alpha value is -2.12. The maximum Gasteiger partial charge on any atom is 0.161 e. The minimum Gasteiger partial charge on any atom is -0.493 e. The molecule has 0 N–H and O–H groups in total. The van der Waals surface area contributed by atoms with Crippen LogP contribution in [0.3, 0.4) is 0 Å². The van der Waals surface area contributed by atoms with Crippen LogP contribution >= 0.6 is 23.5 Å². The fraction of sp³-hybridized carbons (Fsp3) is 0.263. The highest BCUT2D eigenvalue weighted by atomic mass is 32.2. The molecule has 2 aromatic carbocycles. The second-order valence-corrected chi connectivity index (χ2v) is 8.46. The van der Waals surface area contributed by atoms with Gasteiger partial charge in [0.25, 0.3) is 0 Å². The van der Waals surface area contributed by atoms with E-state index in [4.69, 9.17) is 9.47 Å². The van der Waals surface area contributed by atoms with E-state index in [1.165, 1.54) is 17.1 Å². The Labute approximate surface area is 161 Å². The lowest BCUT2D eigenvalue weighted by molar-refractivity contribution is 0.280. The van der Waals surface area contributed by atoms with Gasteiger partial charge in [-0.05, 0) is 29.8 Å². The summed E-state index contributed by atoms with van der Waals surface area (Å²) in [6, 6.07) is 16.0. The van der Waals surface area contributed by atoms with Crippen LogP contribution in [0.25, 0.3) is 5.69 Å². The van der Waals surface area contributed by atoms with E-state index < -0.39 is 0 Å². The molecule has 1 saturated heterocycles. The molecule has 7 heteroatoms. The lowest BCUT2D eigenvalue weighted by Gasteiger charge is -2.14. The molecule has 1 aromatic heterocycles. The predicted octanol–water partition coefficient (Wildman–Crippen LogP) is 4.33. The van der Waals surface area contributed by atoms with Crippen LogP contribution < -0.4 is 9.47 Å². The summed E-state index contributed by atoms with van der Waals surface area (Å²) in [7, 11) is 1.67. The third kappa shape index (κ3) is 3.83. The zero-order chi connectivity index (χ0) is 17.8. The van der Waals surface area contributed by atoms with Gasteiger partial charge in [0.1, 0.15) is 12.3 Å². The first-order valence-corrected chi connectivity index (χ1v) is 10.4. The van der Waals surface area contributed by atoms with E-state index >= 15 is 0 Å². The van der Waals surface area contributed by atoms with Crippen molar-refractivity contribution in [1.82, 2.24) is 15.0 Å². The minimum absolute atomic E-state index is 0.343. The summed E-state index contributed by atoms with van der Waals surface area (Å²) in [6.07, 6.45) is 1.72. The van der Waals surface area contributed by atoms with Gasteiger partial charge in [-0.3, -0.25) is 0 Å². The first-order valence-electron chi connectivity index (χ1n) is 8.34. The van der Waals surface area contributed by atoms with Crippen LogP contribution in [0.2, 0.25) is 0 Å². The second-order valence-electron chi connectivity index (χ2n) is 5.73. The van der Waals surface area contributed by atoms with Crippen molar-refractivity contribution in [2.75, 3.05) is 18.6 Å². The van der Waals surface area contributed by atoms with Gasteiger partial charge in [0.15, 0.2) is 11.5 Å². The number of benzene rings is 2. The molecule has 0 bridgehead atoms. The van der Waals surface area contributed by atoms with Crippen LogP contribution in [-0.2, 0) is 6.61 Å². The Kier molecular flexibility index (Phi) is 5.36. The van der Waals surface area contributed by atoms with Crippen LogP contribution in [0.5, 0.6) is 11.5 Å². The van der Waals surface area contributed by atoms with Crippen molar-refractivity contribution in [2.24, 2.45) is 0 Å². The summed E-state index contributed by atoms with van der Waals surface area (Å²) < 4.78 is 11.9. The van der Waals surface area contributed by atoms with Gasteiger partial charge in [-0.2, -0.15) is 9.90 Å². The molecule has 1 fully saturated rings. The Bertz CT molecular complexity index is 864. The van der Waals surface area contributed by atoms with Crippen molar-refractivity contribution in [1.29, 1.82) is 0 Å². The average Bonchev–Trinajstić information content (AvgIpc) is 3.39. The monoisotopic (exact) mass is 385 g/mol. The van der Waals surface area contributed by atoms with Gasteiger partial charge in [0, 0.05) is 11.5 Å². The summed E-state index contributed by atoms with van der Waals surface area (Å²) in [5, 5.41) is 8.76. The normalized spacial score (nSPS) is 14.5. The van der Waals surface area contributed by atoms with Gasteiger partial charge in [-0.15, -0.1) is 28.6 Å². The van der Waals surface area contributed by atoms with Crippen LogP contribution in [0.4, 0.5) is 0 Å². The number of nitrogens with zero attached hydrogens (tertiary/aromatic N) is 3. The SMILES string of the molecule is COc1cc(C2SCCS2)ccc1OCc1cnn(-c2ccccc2)n1. The highest BCUT2D eigenvalue weighted by molar-refractivity contribution is 8.19. The van der Waals surface area contributed by atoms with Gasteiger partial charge in [0.05, 0.1) is 23.6 Å². The van der Waals surface area contributed by atoms with Gasteiger partial charge in [0.2, 0.25) is 0 Å². The smallest absolute Gasteiger partial charge is 0.161 e. The summed E-state index contributed by atoms with van der Waals surface area (Å²) in [5.41, 5.74) is 2.96. The van der Waals surface area contributed by atoms with E-state index in [-0.39, 0.29) is 0 Å². The number of hydrogen-bond acceptors (Lipinski definition) is 6. The topological polar surface area (TPSA) is 49.2 Å². The van der Waals surface area contributed by atoms with E-state index in [0.29, 0.717) is 11.2 Å². The van der Waals surface area contributed by atoms with E-state index in [1.807, 2.05) is 59.9 Å². The Morgan fingerprint density at radius 1 is 1.08 bits per heavy atom. The van der Waals surface area contributed by atoms with Crippen LogP contribution in [-0.4, -0.2) is 33.6 Å². The van der Waals surface area contributed by atoms with E-state index in [1.54, 1.807) is 18.1 Å². The zero-order valence-corrected chi connectivity index (χ0v) is 16.0.